The standard InChI is InChI=1S/C29H37N3O5/c1-8-17-32(27(35)23(18-33)30-28(36)37-29(5,6)7)25(22-15-13-21(9-2)14-16-22)26(34)31-24-19(3)11-10-12-20(24)4/h2,10-16,23,25,33H,8,17-18H2,1,3-7H3,(H,30,36)(H,31,34). The van der Waals surface area contributed by atoms with Gasteiger partial charge in [0, 0.05) is 17.8 Å². The fourth-order valence-electron chi connectivity index (χ4n) is 3.88. The second kappa shape index (κ2) is 12.9. The molecule has 0 saturated carbocycles. The Morgan fingerprint density at radius 2 is 1.68 bits per heavy atom. The number of ether oxygens (including phenoxy) is 1. The van der Waals surface area contributed by atoms with Gasteiger partial charge in [-0.3, -0.25) is 9.59 Å². The van der Waals surface area contributed by atoms with Crippen LogP contribution in [0.5, 0.6) is 0 Å². The molecule has 2 aromatic carbocycles. The first kappa shape index (κ1) is 29.4. The third kappa shape index (κ3) is 8.09. The van der Waals surface area contributed by atoms with Gasteiger partial charge in [0.1, 0.15) is 17.7 Å². The number of anilines is 1. The van der Waals surface area contributed by atoms with Crippen LogP contribution in [0.1, 0.15) is 62.4 Å². The van der Waals surface area contributed by atoms with Crippen molar-refractivity contribution in [3.8, 4) is 12.3 Å². The summed E-state index contributed by atoms with van der Waals surface area (Å²) in [4.78, 5) is 41.2. The molecule has 0 aliphatic carbocycles. The number of terminal acetylenes is 1. The first-order chi connectivity index (χ1) is 17.4. The maximum Gasteiger partial charge on any atom is 0.408 e. The third-order valence-corrected chi connectivity index (χ3v) is 5.60. The minimum absolute atomic E-state index is 0.201. The molecule has 3 amide bonds. The first-order valence-corrected chi connectivity index (χ1v) is 12.3. The average molecular weight is 508 g/mol. The third-order valence-electron chi connectivity index (χ3n) is 5.60. The maximum atomic E-state index is 13.8. The second-order valence-corrected chi connectivity index (χ2v) is 9.84. The molecule has 0 bridgehead atoms. The van der Waals surface area contributed by atoms with E-state index >= 15 is 0 Å². The number of aryl methyl sites for hydroxylation is 2. The molecule has 37 heavy (non-hydrogen) atoms. The molecule has 8 nitrogen and oxygen atoms in total. The predicted octanol–water partition coefficient (Wildman–Crippen LogP) is 4.09. The van der Waals surface area contributed by atoms with Gasteiger partial charge in [0.15, 0.2) is 0 Å². The normalized spacial score (nSPS) is 12.6. The van der Waals surface area contributed by atoms with Crippen LogP contribution in [0.2, 0.25) is 0 Å². The summed E-state index contributed by atoms with van der Waals surface area (Å²) in [5, 5.41) is 15.4. The largest absolute Gasteiger partial charge is 0.444 e. The van der Waals surface area contributed by atoms with Gasteiger partial charge in [-0.25, -0.2) is 4.79 Å². The Labute approximate surface area is 219 Å². The highest BCUT2D eigenvalue weighted by Crippen LogP contribution is 2.27. The number of para-hydroxylation sites is 1. The molecule has 0 aliphatic heterocycles. The minimum Gasteiger partial charge on any atom is -0.444 e. The zero-order chi connectivity index (χ0) is 27.8. The van der Waals surface area contributed by atoms with E-state index in [4.69, 9.17) is 11.2 Å². The highest BCUT2D eigenvalue weighted by molar-refractivity contribution is 6.00. The smallest absolute Gasteiger partial charge is 0.408 e. The van der Waals surface area contributed by atoms with Crippen molar-refractivity contribution in [2.45, 2.75) is 65.6 Å². The van der Waals surface area contributed by atoms with E-state index in [1.165, 1.54) is 4.90 Å². The number of nitrogens with one attached hydrogen (secondary N) is 2. The van der Waals surface area contributed by atoms with Crippen LogP contribution in [0, 0.1) is 26.2 Å². The molecule has 0 aromatic heterocycles. The van der Waals surface area contributed by atoms with Crippen molar-refractivity contribution in [3.63, 3.8) is 0 Å². The molecule has 2 rings (SSSR count). The van der Waals surface area contributed by atoms with Crippen LogP contribution in [0.3, 0.4) is 0 Å². The molecule has 2 atom stereocenters. The number of benzene rings is 2. The Bertz CT molecular complexity index is 1130. The van der Waals surface area contributed by atoms with Crippen LogP contribution in [0.4, 0.5) is 10.5 Å². The summed E-state index contributed by atoms with van der Waals surface area (Å²) in [6.45, 7) is 10.3. The Hall–Kier alpha value is -3.83. The van der Waals surface area contributed by atoms with Gasteiger partial charge < -0.3 is 25.4 Å². The van der Waals surface area contributed by atoms with Crippen LogP contribution >= 0.6 is 0 Å². The number of amides is 3. The van der Waals surface area contributed by atoms with Gasteiger partial charge in [-0.15, -0.1) is 6.42 Å². The highest BCUT2D eigenvalue weighted by Gasteiger charge is 2.36. The number of nitrogens with zero attached hydrogens (tertiary/aromatic N) is 1. The lowest BCUT2D eigenvalue weighted by Gasteiger charge is -2.34. The monoisotopic (exact) mass is 507 g/mol. The molecule has 3 N–H and O–H groups in total. The van der Waals surface area contributed by atoms with E-state index in [-0.39, 0.29) is 6.54 Å². The van der Waals surface area contributed by atoms with Crippen molar-refractivity contribution in [1.82, 2.24) is 10.2 Å². The van der Waals surface area contributed by atoms with Gasteiger partial charge in [0.2, 0.25) is 5.91 Å². The molecule has 0 fully saturated rings. The van der Waals surface area contributed by atoms with Gasteiger partial charge >= 0.3 is 6.09 Å². The highest BCUT2D eigenvalue weighted by atomic mass is 16.6. The van der Waals surface area contributed by atoms with E-state index in [1.807, 2.05) is 39.0 Å². The summed E-state index contributed by atoms with van der Waals surface area (Å²) in [6, 6.07) is 10.1. The van der Waals surface area contributed by atoms with Crippen molar-refractivity contribution < 1.29 is 24.2 Å². The quantitative estimate of drug-likeness (QED) is 0.443. The summed E-state index contributed by atoms with van der Waals surface area (Å²) in [5.74, 6) is 1.50. The number of rotatable bonds is 9. The fraction of sp³-hybridized carbons (Fsp3) is 0.414. The van der Waals surface area contributed by atoms with Crippen LogP contribution in [-0.2, 0) is 14.3 Å². The lowest BCUT2D eigenvalue weighted by atomic mass is 10.00. The van der Waals surface area contributed by atoms with Crippen molar-refractivity contribution in [1.29, 1.82) is 0 Å². The molecule has 0 saturated heterocycles. The van der Waals surface area contributed by atoms with Gasteiger partial charge in [-0.2, -0.15) is 0 Å². The number of hydrogen-bond acceptors (Lipinski definition) is 5. The molecular formula is C29H37N3O5. The number of carbonyl (C=O) groups excluding carboxylic acids is 3. The topological polar surface area (TPSA) is 108 Å². The van der Waals surface area contributed by atoms with E-state index in [9.17, 15) is 19.5 Å². The van der Waals surface area contributed by atoms with Crippen molar-refractivity contribution in [2.75, 3.05) is 18.5 Å². The lowest BCUT2D eigenvalue weighted by Crippen LogP contribution is -2.54. The Morgan fingerprint density at radius 3 is 2.16 bits per heavy atom. The van der Waals surface area contributed by atoms with Gasteiger partial charge in [0.25, 0.3) is 5.91 Å². The van der Waals surface area contributed by atoms with E-state index in [0.29, 0.717) is 23.2 Å². The second-order valence-electron chi connectivity index (χ2n) is 9.84. The molecule has 0 heterocycles. The fourth-order valence-corrected chi connectivity index (χ4v) is 3.88. The Morgan fingerprint density at radius 1 is 1.08 bits per heavy atom. The summed E-state index contributed by atoms with van der Waals surface area (Å²) in [6.07, 6.45) is 5.19. The van der Waals surface area contributed by atoms with Crippen molar-refractivity contribution in [3.05, 3.63) is 64.7 Å². The molecule has 2 unspecified atom stereocenters. The number of aliphatic hydroxyl groups is 1. The predicted molar refractivity (Wildman–Crippen MR) is 144 cm³/mol. The van der Waals surface area contributed by atoms with Crippen LogP contribution in [0.25, 0.3) is 0 Å². The molecule has 8 heteroatoms. The zero-order valence-corrected chi connectivity index (χ0v) is 22.4. The number of carbonyl (C=O) groups is 3. The Balaban J connectivity index is 2.50. The molecule has 198 valence electrons. The molecule has 0 spiro atoms. The summed E-state index contributed by atoms with van der Waals surface area (Å²) in [7, 11) is 0. The summed E-state index contributed by atoms with van der Waals surface area (Å²) >= 11 is 0. The Kier molecular flexibility index (Phi) is 10.3. The van der Waals surface area contributed by atoms with Crippen LogP contribution in [-0.4, -0.2) is 52.7 Å². The van der Waals surface area contributed by atoms with Gasteiger partial charge in [0.05, 0.1) is 6.61 Å². The van der Waals surface area contributed by atoms with E-state index < -0.39 is 42.2 Å². The SMILES string of the molecule is C#Cc1ccc(C(C(=O)Nc2c(C)cccc2C)N(CCC)C(=O)C(CO)NC(=O)OC(C)(C)C)cc1. The maximum absolute atomic E-state index is 13.8. The van der Waals surface area contributed by atoms with E-state index in [2.05, 4.69) is 16.6 Å². The van der Waals surface area contributed by atoms with Crippen LogP contribution in [0.15, 0.2) is 42.5 Å². The first-order valence-electron chi connectivity index (χ1n) is 12.3. The lowest BCUT2D eigenvalue weighted by molar-refractivity contribution is -0.141. The molecular weight excluding hydrogens is 470 g/mol. The molecule has 2 aromatic rings. The molecule has 0 radical (unpaired) electrons. The van der Waals surface area contributed by atoms with Gasteiger partial charge in [-0.1, -0.05) is 43.2 Å². The number of hydrogen-bond donors (Lipinski definition) is 3. The van der Waals surface area contributed by atoms with Crippen LogP contribution < -0.4 is 10.6 Å². The zero-order valence-electron chi connectivity index (χ0n) is 22.4. The average Bonchev–Trinajstić information content (AvgIpc) is 2.83. The number of alkyl carbamates (subject to hydrolysis) is 1. The van der Waals surface area contributed by atoms with E-state index in [1.54, 1.807) is 45.0 Å². The van der Waals surface area contributed by atoms with Crippen molar-refractivity contribution in [2.24, 2.45) is 0 Å². The minimum atomic E-state index is -1.30. The summed E-state index contributed by atoms with van der Waals surface area (Å²) < 4.78 is 5.25. The van der Waals surface area contributed by atoms with Gasteiger partial charge in [-0.05, 0) is 69.9 Å². The summed E-state index contributed by atoms with van der Waals surface area (Å²) in [5.41, 5.74) is 2.80. The van der Waals surface area contributed by atoms with Crippen molar-refractivity contribution >= 4 is 23.6 Å². The number of aliphatic hydroxyl groups excluding tert-OH is 1. The molecule has 0 aliphatic rings. The van der Waals surface area contributed by atoms with E-state index in [0.717, 1.165) is 11.1 Å².